The van der Waals surface area contributed by atoms with Crippen molar-refractivity contribution in [2.75, 3.05) is 6.54 Å². The molecule has 4 nitrogen and oxygen atoms in total. The van der Waals surface area contributed by atoms with Crippen LogP contribution in [0.1, 0.15) is 17.0 Å². The van der Waals surface area contributed by atoms with Crippen LogP contribution < -0.4 is 5.32 Å². The van der Waals surface area contributed by atoms with Crippen LogP contribution in [0.3, 0.4) is 0 Å². The van der Waals surface area contributed by atoms with Gasteiger partial charge in [-0.3, -0.25) is 4.79 Å². The molecule has 0 bridgehead atoms. The number of hydrogen-bond acceptors (Lipinski definition) is 2. The summed E-state index contributed by atoms with van der Waals surface area (Å²) in [4.78, 5) is 11.6. The first-order valence-corrected chi connectivity index (χ1v) is 6.82. The average Bonchev–Trinajstić information content (AvgIpc) is 2.79. The maximum absolute atomic E-state index is 11.6. The number of hydrogen-bond donors (Lipinski definition) is 1. The molecule has 21 heavy (non-hydrogen) atoms. The van der Waals surface area contributed by atoms with E-state index in [1.807, 2.05) is 48.9 Å². The van der Waals surface area contributed by atoms with E-state index in [2.05, 4.69) is 17.0 Å². The molecule has 2 aromatic rings. The third-order valence-corrected chi connectivity index (χ3v) is 3.17. The quantitative estimate of drug-likeness (QED) is 0.676. The number of rotatable bonds is 5. The molecule has 0 saturated heterocycles. The second-order valence-corrected chi connectivity index (χ2v) is 4.70. The normalized spacial score (nSPS) is 10.8. The first kappa shape index (κ1) is 14.8. The van der Waals surface area contributed by atoms with Gasteiger partial charge in [0.1, 0.15) is 0 Å². The molecule has 2 rings (SSSR count). The molecule has 0 saturated carbocycles. The summed E-state index contributed by atoms with van der Waals surface area (Å²) >= 11 is 0. The van der Waals surface area contributed by atoms with Gasteiger partial charge in [-0.2, -0.15) is 5.10 Å². The topological polar surface area (TPSA) is 46.9 Å². The van der Waals surface area contributed by atoms with Gasteiger partial charge in [-0.25, -0.2) is 4.68 Å². The molecule has 1 heterocycles. The Bertz CT molecular complexity index is 669. The average molecular weight is 281 g/mol. The molecule has 1 N–H and O–H groups in total. The summed E-state index contributed by atoms with van der Waals surface area (Å²) in [7, 11) is 0. The Morgan fingerprint density at radius 1 is 1.33 bits per heavy atom. The Labute approximate surface area is 124 Å². The standard InChI is InChI=1S/C17H19N3O/c1-4-12-18-17(21)11-10-16-13(2)19-20(14(16)3)15-8-6-5-7-9-15/h4-11H,1,12H2,2-3H3,(H,18,21)/b11-10+. The van der Waals surface area contributed by atoms with Gasteiger partial charge in [-0.05, 0) is 32.1 Å². The van der Waals surface area contributed by atoms with E-state index in [0.717, 1.165) is 22.6 Å². The Balaban J connectivity index is 2.26. The minimum absolute atomic E-state index is 0.138. The van der Waals surface area contributed by atoms with Crippen molar-refractivity contribution in [2.45, 2.75) is 13.8 Å². The zero-order valence-electron chi connectivity index (χ0n) is 12.3. The van der Waals surface area contributed by atoms with Gasteiger partial charge in [-0.15, -0.1) is 6.58 Å². The summed E-state index contributed by atoms with van der Waals surface area (Å²) in [6.07, 6.45) is 4.97. The molecule has 0 aliphatic heterocycles. The lowest BCUT2D eigenvalue weighted by Gasteiger charge is -2.03. The van der Waals surface area contributed by atoms with Gasteiger partial charge in [0.2, 0.25) is 5.91 Å². The molecular formula is C17H19N3O. The molecular weight excluding hydrogens is 262 g/mol. The molecule has 1 aromatic carbocycles. The molecule has 0 aliphatic rings. The first-order chi connectivity index (χ1) is 10.1. The van der Waals surface area contributed by atoms with Crippen molar-refractivity contribution in [3.8, 4) is 5.69 Å². The fourth-order valence-electron chi connectivity index (χ4n) is 2.11. The van der Waals surface area contributed by atoms with E-state index >= 15 is 0 Å². The van der Waals surface area contributed by atoms with Gasteiger partial charge >= 0.3 is 0 Å². The third-order valence-electron chi connectivity index (χ3n) is 3.17. The van der Waals surface area contributed by atoms with Crippen LogP contribution in [-0.4, -0.2) is 22.2 Å². The van der Waals surface area contributed by atoms with Crippen molar-refractivity contribution in [3.05, 3.63) is 66.0 Å². The van der Waals surface area contributed by atoms with Crippen molar-refractivity contribution < 1.29 is 4.79 Å². The third kappa shape index (κ3) is 3.48. The van der Waals surface area contributed by atoms with Gasteiger partial charge in [0, 0.05) is 23.9 Å². The van der Waals surface area contributed by atoms with Crippen molar-refractivity contribution in [3.63, 3.8) is 0 Å². The summed E-state index contributed by atoms with van der Waals surface area (Å²) in [6, 6.07) is 9.93. The predicted octanol–water partition coefficient (Wildman–Crippen LogP) is 2.80. The highest BCUT2D eigenvalue weighted by atomic mass is 16.1. The van der Waals surface area contributed by atoms with Crippen LogP contribution in [0, 0.1) is 13.8 Å². The minimum atomic E-state index is -0.138. The maximum Gasteiger partial charge on any atom is 0.244 e. The SMILES string of the molecule is C=CCNC(=O)/C=C/c1c(C)nn(-c2ccccc2)c1C. The number of para-hydroxylation sites is 1. The minimum Gasteiger partial charge on any atom is -0.349 e. The Hall–Kier alpha value is -2.62. The molecule has 0 aliphatic carbocycles. The molecule has 0 fully saturated rings. The van der Waals surface area contributed by atoms with Crippen LogP contribution in [0.15, 0.2) is 49.1 Å². The maximum atomic E-state index is 11.6. The van der Waals surface area contributed by atoms with Crippen LogP contribution in [0.4, 0.5) is 0 Å². The number of carbonyl (C=O) groups is 1. The summed E-state index contributed by atoms with van der Waals surface area (Å²) in [5, 5.41) is 7.25. The van der Waals surface area contributed by atoms with E-state index in [1.165, 1.54) is 6.08 Å². The van der Waals surface area contributed by atoms with E-state index < -0.39 is 0 Å². The second-order valence-electron chi connectivity index (χ2n) is 4.70. The Morgan fingerprint density at radius 3 is 2.71 bits per heavy atom. The number of benzene rings is 1. The van der Waals surface area contributed by atoms with Gasteiger partial charge < -0.3 is 5.32 Å². The van der Waals surface area contributed by atoms with Gasteiger partial charge in [0.05, 0.1) is 11.4 Å². The van der Waals surface area contributed by atoms with Crippen LogP contribution in [0.2, 0.25) is 0 Å². The van der Waals surface area contributed by atoms with Crippen molar-refractivity contribution in [1.82, 2.24) is 15.1 Å². The summed E-state index contributed by atoms with van der Waals surface area (Å²) < 4.78 is 1.89. The highest BCUT2D eigenvalue weighted by Gasteiger charge is 2.10. The summed E-state index contributed by atoms with van der Waals surface area (Å²) in [5.41, 5.74) is 3.87. The monoisotopic (exact) mass is 281 g/mol. The van der Waals surface area contributed by atoms with Crippen molar-refractivity contribution >= 4 is 12.0 Å². The lowest BCUT2D eigenvalue weighted by Crippen LogP contribution is -2.20. The van der Waals surface area contributed by atoms with Crippen LogP contribution in [0.25, 0.3) is 11.8 Å². The smallest absolute Gasteiger partial charge is 0.244 e. The molecule has 0 spiro atoms. The van der Waals surface area contributed by atoms with E-state index in [0.29, 0.717) is 6.54 Å². The zero-order chi connectivity index (χ0) is 15.2. The van der Waals surface area contributed by atoms with Crippen molar-refractivity contribution in [2.24, 2.45) is 0 Å². The number of carbonyl (C=O) groups excluding carboxylic acids is 1. The van der Waals surface area contributed by atoms with Gasteiger partial charge in [-0.1, -0.05) is 24.3 Å². The second kappa shape index (κ2) is 6.70. The fourth-order valence-corrected chi connectivity index (χ4v) is 2.11. The van der Waals surface area contributed by atoms with E-state index in [1.54, 1.807) is 12.2 Å². The molecule has 1 amide bonds. The number of aryl methyl sites for hydroxylation is 1. The summed E-state index contributed by atoms with van der Waals surface area (Å²) in [6.45, 7) is 7.96. The van der Waals surface area contributed by atoms with Crippen molar-refractivity contribution in [1.29, 1.82) is 0 Å². The molecule has 1 aromatic heterocycles. The number of nitrogens with zero attached hydrogens (tertiary/aromatic N) is 2. The largest absolute Gasteiger partial charge is 0.349 e. The molecule has 108 valence electrons. The fraction of sp³-hybridized carbons (Fsp3) is 0.176. The highest BCUT2D eigenvalue weighted by Crippen LogP contribution is 2.18. The highest BCUT2D eigenvalue weighted by molar-refractivity contribution is 5.92. The number of nitrogens with one attached hydrogen (secondary N) is 1. The molecule has 0 radical (unpaired) electrons. The first-order valence-electron chi connectivity index (χ1n) is 6.82. The van der Waals surface area contributed by atoms with Crippen LogP contribution in [-0.2, 0) is 4.79 Å². The van der Waals surface area contributed by atoms with Crippen LogP contribution >= 0.6 is 0 Å². The summed E-state index contributed by atoms with van der Waals surface area (Å²) in [5.74, 6) is -0.138. The number of amides is 1. The Kier molecular flexibility index (Phi) is 4.72. The molecule has 4 heteroatoms. The molecule has 0 atom stereocenters. The predicted molar refractivity (Wildman–Crippen MR) is 85.3 cm³/mol. The van der Waals surface area contributed by atoms with E-state index in [-0.39, 0.29) is 5.91 Å². The Morgan fingerprint density at radius 2 is 2.05 bits per heavy atom. The van der Waals surface area contributed by atoms with Gasteiger partial charge in [0.25, 0.3) is 0 Å². The van der Waals surface area contributed by atoms with Crippen LogP contribution in [0.5, 0.6) is 0 Å². The zero-order valence-corrected chi connectivity index (χ0v) is 12.3. The van der Waals surface area contributed by atoms with E-state index in [4.69, 9.17) is 0 Å². The van der Waals surface area contributed by atoms with Gasteiger partial charge in [0.15, 0.2) is 0 Å². The lowest BCUT2D eigenvalue weighted by atomic mass is 10.2. The van der Waals surface area contributed by atoms with E-state index in [9.17, 15) is 4.79 Å². The number of aromatic nitrogens is 2. The molecule has 0 unspecified atom stereocenters. The lowest BCUT2D eigenvalue weighted by molar-refractivity contribution is -0.116.